The molecule has 0 saturated carbocycles. The highest BCUT2D eigenvalue weighted by Crippen LogP contribution is 2.15. The second-order valence-electron chi connectivity index (χ2n) is 4.23. The molecule has 0 aliphatic heterocycles. The molecule has 0 atom stereocenters. The first-order valence-corrected chi connectivity index (χ1v) is 5.47. The fraction of sp³-hybridized carbons (Fsp3) is 0.333. The Bertz CT molecular complexity index is 406. The van der Waals surface area contributed by atoms with E-state index in [9.17, 15) is 9.59 Å². The van der Waals surface area contributed by atoms with Crippen LogP contribution in [0.25, 0.3) is 0 Å². The van der Waals surface area contributed by atoms with Crippen LogP contribution in [0.3, 0.4) is 0 Å². The Balaban J connectivity index is 2.74. The van der Waals surface area contributed by atoms with Gasteiger partial charge in [-0.15, -0.1) is 0 Å². The predicted molar refractivity (Wildman–Crippen MR) is 71.9 cm³/mol. The van der Waals surface area contributed by atoms with Crippen LogP contribution in [0.5, 0.6) is 0 Å². The Morgan fingerprint density at radius 2 is 1.28 bits per heavy atom. The van der Waals surface area contributed by atoms with Crippen LogP contribution in [-0.4, -0.2) is 50.1 Å². The molecule has 6 heteroatoms. The van der Waals surface area contributed by atoms with E-state index in [-0.39, 0.29) is 12.1 Å². The molecule has 0 bridgehead atoms. The molecule has 2 N–H and O–H groups in total. The average molecular weight is 250 g/mol. The molecule has 0 aliphatic rings. The predicted octanol–water partition coefficient (Wildman–Crippen LogP) is 1.87. The van der Waals surface area contributed by atoms with E-state index in [2.05, 4.69) is 10.6 Å². The number of nitrogens with one attached hydrogen (secondary N) is 2. The lowest BCUT2D eigenvalue weighted by Gasteiger charge is -2.14. The summed E-state index contributed by atoms with van der Waals surface area (Å²) >= 11 is 0. The number of anilines is 2. The maximum atomic E-state index is 11.5. The van der Waals surface area contributed by atoms with E-state index < -0.39 is 0 Å². The van der Waals surface area contributed by atoms with Gasteiger partial charge in [0.25, 0.3) is 0 Å². The summed E-state index contributed by atoms with van der Waals surface area (Å²) in [6.07, 6.45) is 0. The Morgan fingerprint density at radius 3 is 1.61 bits per heavy atom. The molecule has 0 heterocycles. The van der Waals surface area contributed by atoms with Crippen molar-refractivity contribution >= 4 is 23.4 Å². The third-order valence-electron chi connectivity index (χ3n) is 2.18. The molecular formula is C12H18N4O2. The van der Waals surface area contributed by atoms with Gasteiger partial charge in [-0.1, -0.05) is 6.07 Å². The summed E-state index contributed by atoms with van der Waals surface area (Å²) in [4.78, 5) is 25.8. The zero-order chi connectivity index (χ0) is 13.7. The summed E-state index contributed by atoms with van der Waals surface area (Å²) < 4.78 is 0. The van der Waals surface area contributed by atoms with Crippen LogP contribution in [0, 0.1) is 0 Å². The highest BCUT2D eigenvalue weighted by atomic mass is 16.2. The van der Waals surface area contributed by atoms with Crippen LogP contribution < -0.4 is 10.6 Å². The van der Waals surface area contributed by atoms with Crippen molar-refractivity contribution in [3.05, 3.63) is 24.3 Å². The van der Waals surface area contributed by atoms with E-state index in [1.165, 1.54) is 9.80 Å². The van der Waals surface area contributed by atoms with Crippen molar-refractivity contribution in [3.8, 4) is 0 Å². The summed E-state index contributed by atoms with van der Waals surface area (Å²) in [5, 5.41) is 5.41. The van der Waals surface area contributed by atoms with Gasteiger partial charge in [-0.2, -0.15) is 0 Å². The van der Waals surface area contributed by atoms with Crippen molar-refractivity contribution < 1.29 is 9.59 Å². The molecule has 0 saturated heterocycles. The number of nitrogens with zero attached hydrogens (tertiary/aromatic N) is 2. The van der Waals surface area contributed by atoms with Crippen LogP contribution in [0.4, 0.5) is 21.0 Å². The van der Waals surface area contributed by atoms with E-state index in [0.29, 0.717) is 11.4 Å². The monoisotopic (exact) mass is 250 g/mol. The molecule has 0 aromatic heterocycles. The number of amides is 4. The quantitative estimate of drug-likeness (QED) is 0.841. The van der Waals surface area contributed by atoms with Gasteiger partial charge in [-0.05, 0) is 18.2 Å². The van der Waals surface area contributed by atoms with Gasteiger partial charge in [-0.3, -0.25) is 0 Å². The summed E-state index contributed by atoms with van der Waals surface area (Å²) in [6, 6.07) is 6.54. The third kappa shape index (κ3) is 3.97. The Labute approximate surface area is 107 Å². The fourth-order valence-corrected chi connectivity index (χ4v) is 1.15. The summed E-state index contributed by atoms with van der Waals surface area (Å²) in [7, 11) is 6.64. The van der Waals surface area contributed by atoms with Crippen molar-refractivity contribution in [3.63, 3.8) is 0 Å². The van der Waals surface area contributed by atoms with E-state index in [1.54, 1.807) is 52.5 Å². The van der Waals surface area contributed by atoms with E-state index in [0.717, 1.165) is 0 Å². The molecule has 0 spiro atoms. The lowest BCUT2D eigenvalue weighted by atomic mass is 10.3. The second-order valence-corrected chi connectivity index (χ2v) is 4.23. The van der Waals surface area contributed by atoms with Gasteiger partial charge < -0.3 is 20.4 Å². The third-order valence-corrected chi connectivity index (χ3v) is 2.18. The highest BCUT2D eigenvalue weighted by Gasteiger charge is 2.06. The smallest absolute Gasteiger partial charge is 0.321 e. The molecule has 0 aliphatic carbocycles. The molecule has 1 rings (SSSR count). The number of hydrogen-bond donors (Lipinski definition) is 2. The number of hydrogen-bond acceptors (Lipinski definition) is 2. The van der Waals surface area contributed by atoms with Gasteiger partial charge in [0.2, 0.25) is 0 Å². The average Bonchev–Trinajstić information content (AvgIpc) is 2.29. The Kier molecular flexibility index (Phi) is 4.53. The topological polar surface area (TPSA) is 64.7 Å². The van der Waals surface area contributed by atoms with Crippen molar-refractivity contribution in [2.45, 2.75) is 0 Å². The molecule has 98 valence electrons. The van der Waals surface area contributed by atoms with Gasteiger partial charge >= 0.3 is 12.1 Å². The first-order chi connectivity index (χ1) is 8.40. The van der Waals surface area contributed by atoms with Gasteiger partial charge in [0.15, 0.2) is 0 Å². The van der Waals surface area contributed by atoms with Crippen molar-refractivity contribution in [2.75, 3.05) is 38.8 Å². The molecule has 4 amide bonds. The first kappa shape index (κ1) is 13.8. The molecular weight excluding hydrogens is 232 g/mol. The van der Waals surface area contributed by atoms with E-state index in [4.69, 9.17) is 0 Å². The summed E-state index contributed by atoms with van der Waals surface area (Å²) in [5.41, 5.74) is 1.26. The lowest BCUT2D eigenvalue weighted by Crippen LogP contribution is -2.28. The van der Waals surface area contributed by atoms with Crippen molar-refractivity contribution in [1.82, 2.24) is 9.80 Å². The fourth-order valence-electron chi connectivity index (χ4n) is 1.15. The van der Waals surface area contributed by atoms with Gasteiger partial charge in [0.1, 0.15) is 0 Å². The first-order valence-electron chi connectivity index (χ1n) is 5.47. The molecule has 6 nitrogen and oxygen atoms in total. The molecule has 0 unspecified atom stereocenters. The van der Waals surface area contributed by atoms with Crippen LogP contribution in [0.15, 0.2) is 24.3 Å². The van der Waals surface area contributed by atoms with Crippen LogP contribution in [0.2, 0.25) is 0 Å². The van der Waals surface area contributed by atoms with Crippen molar-refractivity contribution in [1.29, 1.82) is 0 Å². The summed E-state index contributed by atoms with van der Waals surface area (Å²) in [6.45, 7) is 0. The van der Waals surface area contributed by atoms with E-state index >= 15 is 0 Å². The maximum absolute atomic E-state index is 11.5. The maximum Gasteiger partial charge on any atom is 0.321 e. The lowest BCUT2D eigenvalue weighted by molar-refractivity contribution is 0.230. The Hall–Kier alpha value is -2.24. The number of carbonyl (C=O) groups excluding carboxylic acids is 2. The minimum Gasteiger partial charge on any atom is -0.331 e. The number of urea groups is 2. The number of benzene rings is 1. The normalized spacial score (nSPS) is 9.56. The van der Waals surface area contributed by atoms with Crippen molar-refractivity contribution in [2.24, 2.45) is 0 Å². The largest absolute Gasteiger partial charge is 0.331 e. The molecule has 0 fully saturated rings. The van der Waals surface area contributed by atoms with Crippen LogP contribution in [0.1, 0.15) is 0 Å². The van der Waals surface area contributed by atoms with Crippen LogP contribution in [-0.2, 0) is 0 Å². The zero-order valence-corrected chi connectivity index (χ0v) is 11.0. The van der Waals surface area contributed by atoms with Gasteiger partial charge in [0, 0.05) is 39.6 Å². The zero-order valence-electron chi connectivity index (χ0n) is 11.0. The number of carbonyl (C=O) groups is 2. The van der Waals surface area contributed by atoms with Gasteiger partial charge in [0.05, 0.1) is 0 Å². The van der Waals surface area contributed by atoms with E-state index in [1.807, 2.05) is 0 Å². The minimum atomic E-state index is -0.217. The minimum absolute atomic E-state index is 0.217. The molecule has 1 aromatic rings. The Morgan fingerprint density at radius 1 is 0.889 bits per heavy atom. The number of rotatable bonds is 2. The van der Waals surface area contributed by atoms with Gasteiger partial charge in [-0.25, -0.2) is 9.59 Å². The highest BCUT2D eigenvalue weighted by molar-refractivity contribution is 5.92. The van der Waals surface area contributed by atoms with Crippen LogP contribution >= 0.6 is 0 Å². The standard InChI is InChI=1S/C12H18N4O2/c1-15(2)11(17)13-9-6-5-7-10(8-9)14-12(18)16(3)4/h5-8H,1-4H3,(H,13,17)(H,14,18). The SMILES string of the molecule is CN(C)C(=O)Nc1cccc(NC(=O)N(C)C)c1. The molecule has 18 heavy (non-hydrogen) atoms. The summed E-state index contributed by atoms with van der Waals surface area (Å²) in [5.74, 6) is 0. The molecule has 1 aromatic carbocycles. The second kappa shape index (κ2) is 5.90. The molecule has 0 radical (unpaired) electrons.